The number of carbonyl (C=O) groups excluding carboxylic acids is 3. The summed E-state index contributed by atoms with van der Waals surface area (Å²) in [7, 11) is 0. The minimum atomic E-state index is -0.649. The first-order valence-corrected chi connectivity index (χ1v) is 13.8. The second-order valence-electron chi connectivity index (χ2n) is 10.5. The standard InChI is InChI=1S/C29H38N4O3/c34-26-16-15-25(28(35)31-26)33-24-14-13-23(21-11-10-12-22(27(21)24)29(33)36)30-17-6-3-1-2-4-7-18-32-19-8-5-9-20-32/h10-14,25,30H,1-9,15-20H2,(H,31,34,35). The molecule has 0 saturated carbocycles. The lowest BCUT2D eigenvalue weighted by Crippen LogP contribution is -2.53. The van der Waals surface area contributed by atoms with Crippen LogP contribution in [-0.4, -0.2) is 54.8 Å². The van der Waals surface area contributed by atoms with Crippen LogP contribution in [0.4, 0.5) is 11.4 Å². The van der Waals surface area contributed by atoms with Gasteiger partial charge in [-0.1, -0.05) is 44.2 Å². The Kier molecular flexibility index (Phi) is 7.85. The van der Waals surface area contributed by atoms with Crippen molar-refractivity contribution in [1.82, 2.24) is 10.2 Å². The van der Waals surface area contributed by atoms with Gasteiger partial charge in [0.2, 0.25) is 11.8 Å². The molecule has 7 nitrogen and oxygen atoms in total. The van der Waals surface area contributed by atoms with Gasteiger partial charge in [0.15, 0.2) is 0 Å². The first-order chi connectivity index (χ1) is 17.6. The summed E-state index contributed by atoms with van der Waals surface area (Å²) in [6.45, 7) is 4.77. The van der Waals surface area contributed by atoms with Crippen LogP contribution in [0.2, 0.25) is 0 Å². The van der Waals surface area contributed by atoms with Gasteiger partial charge in [0.25, 0.3) is 5.91 Å². The summed E-state index contributed by atoms with van der Waals surface area (Å²) < 4.78 is 0. The second kappa shape index (κ2) is 11.4. The smallest absolute Gasteiger partial charge is 0.259 e. The number of imide groups is 1. The molecular formula is C29H38N4O3. The van der Waals surface area contributed by atoms with Gasteiger partial charge in [0.1, 0.15) is 6.04 Å². The fourth-order valence-corrected chi connectivity index (χ4v) is 5.97. The number of anilines is 2. The molecule has 3 aliphatic rings. The number of carbonyl (C=O) groups is 3. The third kappa shape index (κ3) is 5.26. The van der Waals surface area contributed by atoms with Gasteiger partial charge < -0.3 is 10.2 Å². The van der Waals surface area contributed by atoms with Crippen LogP contribution in [0.5, 0.6) is 0 Å². The zero-order valence-corrected chi connectivity index (χ0v) is 21.2. The topological polar surface area (TPSA) is 81.8 Å². The number of nitrogens with one attached hydrogen (secondary N) is 2. The van der Waals surface area contributed by atoms with Crippen LogP contribution in [0, 0.1) is 0 Å². The predicted octanol–water partition coefficient (Wildman–Crippen LogP) is 4.84. The Bertz CT molecular complexity index is 1120. The first-order valence-electron chi connectivity index (χ1n) is 13.8. The number of unbranched alkanes of at least 4 members (excludes halogenated alkanes) is 5. The van der Waals surface area contributed by atoms with E-state index in [9.17, 15) is 14.4 Å². The van der Waals surface area contributed by atoms with E-state index in [1.165, 1.54) is 71.0 Å². The van der Waals surface area contributed by atoms with Gasteiger partial charge in [-0.25, -0.2) is 0 Å². The minimum Gasteiger partial charge on any atom is -0.385 e. The maximum absolute atomic E-state index is 13.3. The van der Waals surface area contributed by atoms with Gasteiger partial charge in [-0.3, -0.25) is 24.6 Å². The molecule has 192 valence electrons. The zero-order valence-electron chi connectivity index (χ0n) is 21.2. The highest BCUT2D eigenvalue weighted by atomic mass is 16.2. The normalized spacial score (nSPS) is 20.3. The molecule has 3 heterocycles. The number of likely N-dealkylation sites (tertiary alicyclic amines) is 1. The minimum absolute atomic E-state index is 0.164. The van der Waals surface area contributed by atoms with Crippen LogP contribution < -0.4 is 15.5 Å². The molecule has 3 amide bonds. The lowest BCUT2D eigenvalue weighted by molar-refractivity contribution is -0.134. The average molecular weight is 491 g/mol. The number of benzene rings is 2. The van der Waals surface area contributed by atoms with Crippen molar-refractivity contribution in [3.05, 3.63) is 35.9 Å². The van der Waals surface area contributed by atoms with Crippen LogP contribution in [0.25, 0.3) is 10.8 Å². The number of nitrogens with zero attached hydrogens (tertiary/aromatic N) is 2. The van der Waals surface area contributed by atoms with Gasteiger partial charge >= 0.3 is 0 Å². The first kappa shape index (κ1) is 24.8. The molecule has 36 heavy (non-hydrogen) atoms. The second-order valence-corrected chi connectivity index (χ2v) is 10.5. The lowest BCUT2D eigenvalue weighted by Gasteiger charge is -2.30. The molecule has 2 N–H and O–H groups in total. The van der Waals surface area contributed by atoms with Crippen molar-refractivity contribution in [2.24, 2.45) is 0 Å². The average Bonchev–Trinajstić information content (AvgIpc) is 3.17. The maximum Gasteiger partial charge on any atom is 0.259 e. The Morgan fingerprint density at radius 2 is 1.67 bits per heavy atom. The summed E-state index contributed by atoms with van der Waals surface area (Å²) in [6, 6.07) is 9.07. The van der Waals surface area contributed by atoms with Crippen molar-refractivity contribution in [2.45, 2.75) is 76.7 Å². The van der Waals surface area contributed by atoms with E-state index < -0.39 is 11.9 Å². The molecular weight excluding hydrogens is 452 g/mol. The molecule has 3 aliphatic heterocycles. The molecule has 2 aromatic rings. The summed E-state index contributed by atoms with van der Waals surface area (Å²) in [5.41, 5.74) is 2.41. The maximum atomic E-state index is 13.3. The van der Waals surface area contributed by atoms with Crippen molar-refractivity contribution in [2.75, 3.05) is 36.4 Å². The summed E-state index contributed by atoms with van der Waals surface area (Å²) in [4.78, 5) is 41.5. The van der Waals surface area contributed by atoms with Crippen LogP contribution in [-0.2, 0) is 9.59 Å². The molecule has 1 unspecified atom stereocenters. The van der Waals surface area contributed by atoms with E-state index in [2.05, 4.69) is 15.5 Å². The van der Waals surface area contributed by atoms with E-state index in [4.69, 9.17) is 0 Å². The van der Waals surface area contributed by atoms with Crippen molar-refractivity contribution < 1.29 is 14.4 Å². The monoisotopic (exact) mass is 490 g/mol. The van der Waals surface area contributed by atoms with Crippen LogP contribution in [0.1, 0.15) is 81.0 Å². The Balaban J connectivity index is 1.12. The summed E-state index contributed by atoms with van der Waals surface area (Å²) in [5, 5.41) is 7.86. The molecule has 0 bridgehead atoms. The van der Waals surface area contributed by atoms with Crippen LogP contribution in [0.15, 0.2) is 30.3 Å². The number of hydrogen-bond acceptors (Lipinski definition) is 5. The van der Waals surface area contributed by atoms with Crippen molar-refractivity contribution in [3.8, 4) is 0 Å². The fourth-order valence-electron chi connectivity index (χ4n) is 5.97. The summed E-state index contributed by atoms with van der Waals surface area (Å²) in [5.74, 6) is -0.834. The van der Waals surface area contributed by atoms with E-state index in [0.717, 1.165) is 35.1 Å². The Labute approximate surface area is 213 Å². The van der Waals surface area contributed by atoms with Gasteiger partial charge in [-0.15, -0.1) is 0 Å². The molecule has 2 fully saturated rings. The largest absolute Gasteiger partial charge is 0.385 e. The fraction of sp³-hybridized carbons (Fsp3) is 0.552. The van der Waals surface area contributed by atoms with Crippen LogP contribution in [0.3, 0.4) is 0 Å². The number of piperidine rings is 2. The van der Waals surface area contributed by atoms with Gasteiger partial charge in [-0.2, -0.15) is 0 Å². The van der Waals surface area contributed by atoms with Gasteiger partial charge in [-0.05, 0) is 69.9 Å². The van der Waals surface area contributed by atoms with E-state index in [-0.39, 0.29) is 18.2 Å². The SMILES string of the molecule is O=C1CCC(N2C(=O)c3cccc4c(NCCCCCCCCN5CCCCC5)ccc2c34)C(=O)N1. The van der Waals surface area contributed by atoms with Gasteiger partial charge in [0.05, 0.1) is 5.69 Å². The lowest BCUT2D eigenvalue weighted by atomic mass is 10.0. The van der Waals surface area contributed by atoms with Crippen molar-refractivity contribution >= 4 is 39.9 Å². The number of rotatable bonds is 11. The summed E-state index contributed by atoms with van der Waals surface area (Å²) >= 11 is 0. The summed E-state index contributed by atoms with van der Waals surface area (Å²) in [6.07, 6.45) is 12.3. The third-order valence-corrected chi connectivity index (χ3v) is 7.91. The van der Waals surface area contributed by atoms with Crippen molar-refractivity contribution in [3.63, 3.8) is 0 Å². The molecule has 2 aromatic carbocycles. The van der Waals surface area contributed by atoms with E-state index in [1.807, 2.05) is 30.3 Å². The molecule has 2 saturated heterocycles. The highest BCUT2D eigenvalue weighted by Crippen LogP contribution is 2.42. The molecule has 0 radical (unpaired) electrons. The van der Waals surface area contributed by atoms with E-state index in [0.29, 0.717) is 12.0 Å². The molecule has 0 aromatic heterocycles. The molecule has 0 spiro atoms. The molecule has 7 heteroatoms. The number of amides is 3. The number of hydrogen-bond donors (Lipinski definition) is 2. The van der Waals surface area contributed by atoms with Crippen molar-refractivity contribution in [1.29, 1.82) is 0 Å². The Morgan fingerprint density at radius 3 is 2.47 bits per heavy atom. The van der Waals surface area contributed by atoms with E-state index in [1.54, 1.807) is 4.90 Å². The molecule has 0 aliphatic carbocycles. The predicted molar refractivity (Wildman–Crippen MR) is 143 cm³/mol. The molecule has 1 atom stereocenters. The Hall–Kier alpha value is -2.93. The van der Waals surface area contributed by atoms with Gasteiger partial charge in [0, 0.05) is 35.0 Å². The molecule has 5 rings (SSSR count). The zero-order chi connectivity index (χ0) is 24.9. The van der Waals surface area contributed by atoms with E-state index >= 15 is 0 Å². The highest BCUT2D eigenvalue weighted by molar-refractivity contribution is 6.28. The quantitative estimate of drug-likeness (QED) is 0.348. The highest BCUT2D eigenvalue weighted by Gasteiger charge is 2.40. The van der Waals surface area contributed by atoms with Crippen LogP contribution >= 0.6 is 0 Å². The third-order valence-electron chi connectivity index (χ3n) is 7.91. The Morgan fingerprint density at radius 1 is 0.889 bits per heavy atom.